The highest BCUT2D eigenvalue weighted by Gasteiger charge is 2.09. The van der Waals surface area contributed by atoms with Gasteiger partial charge >= 0.3 is 0 Å². The Morgan fingerprint density at radius 3 is 2.76 bits per heavy atom. The topological polar surface area (TPSA) is 75.1 Å². The third-order valence-electron chi connectivity index (χ3n) is 2.87. The minimum absolute atomic E-state index is 0.173. The van der Waals surface area contributed by atoms with Crippen molar-refractivity contribution in [2.75, 3.05) is 11.9 Å². The Morgan fingerprint density at radius 1 is 1.33 bits per heavy atom. The predicted octanol–water partition coefficient (Wildman–Crippen LogP) is 1.64. The average Bonchev–Trinajstić information content (AvgIpc) is 2.54. The smallest absolute Gasteiger partial charge is 0.258 e. The summed E-state index contributed by atoms with van der Waals surface area (Å²) >= 11 is 0. The third kappa shape index (κ3) is 3.88. The first-order valence-electron chi connectivity index (χ1n) is 6.53. The number of carbonyl (C=O) groups excluding carboxylic acids is 1. The van der Waals surface area contributed by atoms with Crippen LogP contribution in [0.3, 0.4) is 0 Å². The maximum atomic E-state index is 12.1. The van der Waals surface area contributed by atoms with Crippen LogP contribution in [0.15, 0.2) is 36.9 Å². The van der Waals surface area contributed by atoms with Crippen LogP contribution in [0.5, 0.6) is 0 Å². The Kier molecular flexibility index (Phi) is 5.02. The molecular weight excluding hydrogens is 266 g/mol. The van der Waals surface area contributed by atoms with Crippen LogP contribution in [0.4, 0.5) is 5.69 Å². The Bertz CT molecular complexity index is 688. The summed E-state index contributed by atoms with van der Waals surface area (Å²) in [7, 11) is 0. The van der Waals surface area contributed by atoms with Crippen LogP contribution in [0.1, 0.15) is 28.4 Å². The quantitative estimate of drug-likeness (QED) is 0.839. The maximum Gasteiger partial charge on any atom is 0.258 e. The Morgan fingerprint density at radius 2 is 2.10 bits per heavy atom. The summed E-state index contributed by atoms with van der Waals surface area (Å²) < 4.78 is 0. The number of aliphatic hydroxyl groups is 1. The fourth-order valence-electron chi connectivity index (χ4n) is 1.84. The van der Waals surface area contributed by atoms with Crippen molar-refractivity contribution in [2.24, 2.45) is 0 Å². The van der Waals surface area contributed by atoms with E-state index in [9.17, 15) is 4.79 Å². The van der Waals surface area contributed by atoms with Gasteiger partial charge in [-0.2, -0.15) is 0 Å². The largest absolute Gasteiger partial charge is 0.384 e. The highest BCUT2D eigenvalue weighted by atomic mass is 16.2. The zero-order valence-corrected chi connectivity index (χ0v) is 11.6. The van der Waals surface area contributed by atoms with E-state index in [1.54, 1.807) is 6.07 Å². The summed E-state index contributed by atoms with van der Waals surface area (Å²) in [6, 6.07) is 5.51. The molecule has 0 spiro atoms. The number of benzene rings is 1. The lowest BCUT2D eigenvalue weighted by molar-refractivity contribution is 0.102. The van der Waals surface area contributed by atoms with E-state index in [-0.39, 0.29) is 12.5 Å². The zero-order chi connectivity index (χ0) is 15.1. The van der Waals surface area contributed by atoms with Crippen LogP contribution in [-0.4, -0.2) is 27.6 Å². The van der Waals surface area contributed by atoms with Gasteiger partial charge in [-0.05, 0) is 30.2 Å². The molecule has 0 atom stereocenters. The van der Waals surface area contributed by atoms with Gasteiger partial charge in [-0.25, -0.2) is 9.97 Å². The molecule has 0 radical (unpaired) electrons. The van der Waals surface area contributed by atoms with Crippen LogP contribution in [0.25, 0.3) is 0 Å². The SMILES string of the molecule is CCc1cc(C#CCO)ccc1NC(=O)c1cncnc1. The lowest BCUT2D eigenvalue weighted by Crippen LogP contribution is -2.13. The normalized spacial score (nSPS) is 9.62. The highest BCUT2D eigenvalue weighted by Crippen LogP contribution is 2.18. The Hall–Kier alpha value is -2.71. The van der Waals surface area contributed by atoms with Crippen molar-refractivity contribution in [3.8, 4) is 11.8 Å². The lowest BCUT2D eigenvalue weighted by atomic mass is 10.1. The number of aliphatic hydroxyl groups excluding tert-OH is 1. The molecule has 0 bridgehead atoms. The summed E-state index contributed by atoms with van der Waals surface area (Å²) in [6.45, 7) is 1.83. The lowest BCUT2D eigenvalue weighted by Gasteiger charge is -2.10. The van der Waals surface area contributed by atoms with Crippen molar-refractivity contribution >= 4 is 11.6 Å². The number of amides is 1. The number of aromatic nitrogens is 2. The van der Waals surface area contributed by atoms with E-state index >= 15 is 0 Å². The van der Waals surface area contributed by atoms with E-state index < -0.39 is 0 Å². The van der Waals surface area contributed by atoms with Gasteiger partial charge in [0.25, 0.3) is 5.91 Å². The molecule has 5 heteroatoms. The number of carbonyl (C=O) groups is 1. The first kappa shape index (κ1) is 14.7. The minimum atomic E-state index is -0.250. The van der Waals surface area contributed by atoms with Crippen LogP contribution in [0, 0.1) is 11.8 Å². The first-order valence-corrected chi connectivity index (χ1v) is 6.53. The molecule has 0 aliphatic rings. The van der Waals surface area contributed by atoms with E-state index in [1.807, 2.05) is 19.1 Å². The van der Waals surface area contributed by atoms with Gasteiger partial charge in [-0.15, -0.1) is 0 Å². The zero-order valence-electron chi connectivity index (χ0n) is 11.6. The molecule has 21 heavy (non-hydrogen) atoms. The van der Waals surface area contributed by atoms with E-state index in [0.717, 1.165) is 23.2 Å². The predicted molar refractivity (Wildman–Crippen MR) is 79.8 cm³/mol. The van der Waals surface area contributed by atoms with E-state index in [2.05, 4.69) is 27.1 Å². The molecule has 0 aliphatic carbocycles. The van der Waals surface area contributed by atoms with Crippen LogP contribution in [0.2, 0.25) is 0 Å². The van der Waals surface area contributed by atoms with E-state index in [4.69, 9.17) is 5.11 Å². The number of anilines is 1. The van der Waals surface area contributed by atoms with Crippen molar-refractivity contribution in [2.45, 2.75) is 13.3 Å². The van der Waals surface area contributed by atoms with Crippen LogP contribution in [-0.2, 0) is 6.42 Å². The molecule has 2 rings (SSSR count). The number of nitrogens with zero attached hydrogens (tertiary/aromatic N) is 2. The molecule has 0 fully saturated rings. The molecule has 1 amide bonds. The summed E-state index contributed by atoms with van der Waals surface area (Å²) in [5.74, 6) is 5.20. The number of hydrogen-bond acceptors (Lipinski definition) is 4. The van der Waals surface area contributed by atoms with Gasteiger partial charge in [-0.1, -0.05) is 18.8 Å². The molecule has 5 nitrogen and oxygen atoms in total. The van der Waals surface area contributed by atoms with Crippen LogP contribution < -0.4 is 5.32 Å². The molecule has 1 heterocycles. The molecule has 2 aromatic rings. The van der Waals surface area contributed by atoms with Crippen molar-refractivity contribution in [1.29, 1.82) is 0 Å². The molecule has 0 saturated carbocycles. The molecule has 2 N–H and O–H groups in total. The summed E-state index contributed by atoms with van der Waals surface area (Å²) in [5, 5.41) is 11.6. The van der Waals surface area contributed by atoms with Gasteiger partial charge in [0.1, 0.15) is 12.9 Å². The monoisotopic (exact) mass is 281 g/mol. The fourth-order valence-corrected chi connectivity index (χ4v) is 1.84. The Balaban J connectivity index is 2.22. The fraction of sp³-hybridized carbons (Fsp3) is 0.188. The molecule has 0 unspecified atom stereocenters. The van der Waals surface area contributed by atoms with Crippen molar-refractivity contribution in [3.05, 3.63) is 53.6 Å². The van der Waals surface area contributed by atoms with E-state index in [1.165, 1.54) is 18.7 Å². The van der Waals surface area contributed by atoms with Gasteiger partial charge in [0.2, 0.25) is 0 Å². The number of hydrogen-bond donors (Lipinski definition) is 2. The van der Waals surface area contributed by atoms with Crippen LogP contribution >= 0.6 is 0 Å². The average molecular weight is 281 g/mol. The second-order valence-corrected chi connectivity index (χ2v) is 4.27. The van der Waals surface area contributed by atoms with E-state index in [0.29, 0.717) is 5.56 Å². The van der Waals surface area contributed by atoms with Gasteiger partial charge < -0.3 is 10.4 Å². The molecule has 106 valence electrons. The van der Waals surface area contributed by atoms with Crippen molar-refractivity contribution in [3.63, 3.8) is 0 Å². The van der Waals surface area contributed by atoms with Gasteiger partial charge in [0.05, 0.1) is 5.56 Å². The molecular formula is C16H15N3O2. The molecule has 0 saturated heterocycles. The highest BCUT2D eigenvalue weighted by molar-refractivity contribution is 6.04. The standard InChI is InChI=1S/C16H15N3O2/c1-2-13-8-12(4-3-7-20)5-6-15(13)19-16(21)14-9-17-11-18-10-14/h5-6,8-11,20H,2,7H2,1H3,(H,19,21). The van der Waals surface area contributed by atoms with Gasteiger partial charge in [0, 0.05) is 23.6 Å². The van der Waals surface area contributed by atoms with Crippen molar-refractivity contribution < 1.29 is 9.90 Å². The summed E-state index contributed by atoms with van der Waals surface area (Å²) in [5.41, 5.74) is 2.93. The molecule has 1 aromatic carbocycles. The summed E-state index contributed by atoms with van der Waals surface area (Å²) in [4.78, 5) is 19.7. The van der Waals surface area contributed by atoms with Gasteiger partial charge in [-0.3, -0.25) is 4.79 Å². The number of aryl methyl sites for hydroxylation is 1. The molecule has 0 aliphatic heterocycles. The molecule has 1 aromatic heterocycles. The Labute approximate surface area is 123 Å². The van der Waals surface area contributed by atoms with Gasteiger partial charge in [0.15, 0.2) is 0 Å². The summed E-state index contributed by atoms with van der Waals surface area (Å²) in [6.07, 6.45) is 5.07. The second kappa shape index (κ2) is 7.17. The minimum Gasteiger partial charge on any atom is -0.384 e. The maximum absolute atomic E-state index is 12.1. The second-order valence-electron chi connectivity index (χ2n) is 4.27. The van der Waals surface area contributed by atoms with Crippen molar-refractivity contribution in [1.82, 2.24) is 9.97 Å². The first-order chi connectivity index (χ1) is 10.2. The number of nitrogens with one attached hydrogen (secondary N) is 1. The third-order valence-corrected chi connectivity index (χ3v) is 2.87. The number of rotatable bonds is 3.